The molecule has 118 valence electrons. The minimum Gasteiger partial charge on any atom is -0.115 e. The largest absolute Gasteiger partial charge is 0.115 e. The highest BCUT2D eigenvalue weighted by molar-refractivity contribution is 7.39. The van der Waals surface area contributed by atoms with Crippen LogP contribution >= 0.6 is 8.58 Å². The second-order valence-corrected chi connectivity index (χ2v) is 7.27. The van der Waals surface area contributed by atoms with E-state index in [1.54, 1.807) is 0 Å². The van der Waals surface area contributed by atoms with Gasteiger partial charge in [0.05, 0.1) is 0 Å². The van der Waals surface area contributed by atoms with Crippen molar-refractivity contribution < 1.29 is 0 Å². The summed E-state index contributed by atoms with van der Waals surface area (Å²) < 4.78 is 0. The molecule has 0 aromatic heterocycles. The number of rotatable bonds is 11. The summed E-state index contributed by atoms with van der Waals surface area (Å²) >= 11 is 0. The molecule has 0 N–H and O–H groups in total. The quantitative estimate of drug-likeness (QED) is 0.170. The third-order valence-corrected chi connectivity index (χ3v) is 5.47. The zero-order chi connectivity index (χ0) is 16.1. The maximum atomic E-state index is 3.98. The average molecular weight is 304 g/mol. The highest BCUT2D eigenvalue weighted by Crippen LogP contribution is 2.34. The first-order chi connectivity index (χ1) is 10.0. The molecule has 0 spiro atoms. The second kappa shape index (κ2) is 11.8. The van der Waals surface area contributed by atoms with Crippen LogP contribution in [0, 0.1) is 0 Å². The molecule has 1 heteroatoms. The molecule has 21 heavy (non-hydrogen) atoms. The van der Waals surface area contributed by atoms with Crippen molar-refractivity contribution in [2.45, 2.75) is 58.0 Å². The number of hydrogen-bond donors (Lipinski definition) is 0. The summed E-state index contributed by atoms with van der Waals surface area (Å²) in [6.45, 7) is 16.9. The van der Waals surface area contributed by atoms with Crippen LogP contribution in [-0.4, -0.2) is 11.8 Å². The lowest BCUT2D eigenvalue weighted by Crippen LogP contribution is -2.13. The summed E-state index contributed by atoms with van der Waals surface area (Å²) in [5, 5.41) is 0.335. The van der Waals surface area contributed by atoms with Crippen molar-refractivity contribution in [2.24, 2.45) is 0 Å². The van der Waals surface area contributed by atoms with Crippen LogP contribution in [0.3, 0.4) is 0 Å². The van der Waals surface area contributed by atoms with Gasteiger partial charge in [0.25, 0.3) is 0 Å². The Labute approximate surface area is 134 Å². The first kappa shape index (κ1) is 20.1. The Kier molecular flexibility index (Phi) is 11.3. The van der Waals surface area contributed by atoms with E-state index < -0.39 is 0 Å². The summed E-state index contributed by atoms with van der Waals surface area (Å²) in [6.07, 6.45) is 18.7. The highest BCUT2D eigenvalue weighted by atomic mass is 31.1. The second-order valence-electron chi connectivity index (χ2n) is 5.63. The molecule has 0 bridgehead atoms. The molecule has 0 aliphatic rings. The fourth-order valence-electron chi connectivity index (χ4n) is 1.90. The maximum Gasteiger partial charge on any atom is 0.00281 e. The van der Waals surface area contributed by atoms with Gasteiger partial charge in [-0.25, -0.2) is 0 Å². The Morgan fingerprint density at radius 2 is 1.76 bits per heavy atom. The van der Waals surface area contributed by atoms with Crippen molar-refractivity contribution in [3.63, 3.8) is 0 Å². The van der Waals surface area contributed by atoms with E-state index in [1.165, 1.54) is 17.6 Å². The third-order valence-electron chi connectivity index (χ3n) is 3.83. The topological polar surface area (TPSA) is 0 Å². The molecular weight excluding hydrogens is 271 g/mol. The molecule has 0 amide bonds. The standard InChI is InChI=1S/C20H33P/c1-7-14-19(17-20(5,9-3)21-6)16-13-11-10-12-15-18(4)8-2/h7,12-13,15-17,21H,1,4,8-11,14H2,2-3,5-6H3/b15-12-,16-13-,19-17+. The van der Waals surface area contributed by atoms with Crippen molar-refractivity contribution in [1.29, 1.82) is 0 Å². The lowest BCUT2D eigenvalue weighted by molar-refractivity contribution is 0.744. The van der Waals surface area contributed by atoms with Crippen LogP contribution < -0.4 is 0 Å². The zero-order valence-corrected chi connectivity index (χ0v) is 15.4. The van der Waals surface area contributed by atoms with Gasteiger partial charge < -0.3 is 0 Å². The van der Waals surface area contributed by atoms with E-state index in [9.17, 15) is 0 Å². The van der Waals surface area contributed by atoms with Gasteiger partial charge in [0, 0.05) is 5.16 Å². The molecule has 0 aromatic rings. The monoisotopic (exact) mass is 304 g/mol. The smallest absolute Gasteiger partial charge is 0.00281 e. The normalized spacial score (nSPS) is 16.1. The molecule has 0 aromatic carbocycles. The predicted octanol–water partition coefficient (Wildman–Crippen LogP) is 6.82. The first-order valence-electron chi connectivity index (χ1n) is 8.03. The molecule has 0 nitrogen and oxygen atoms in total. The van der Waals surface area contributed by atoms with Crippen LogP contribution in [0.5, 0.6) is 0 Å². The van der Waals surface area contributed by atoms with Crippen molar-refractivity contribution in [2.75, 3.05) is 6.66 Å². The summed E-state index contributed by atoms with van der Waals surface area (Å²) in [4.78, 5) is 0. The molecular formula is C20H33P. The average Bonchev–Trinajstić information content (AvgIpc) is 2.50. The van der Waals surface area contributed by atoms with Crippen molar-refractivity contribution in [3.8, 4) is 0 Å². The fourth-order valence-corrected chi connectivity index (χ4v) is 2.58. The van der Waals surface area contributed by atoms with Gasteiger partial charge in [0.2, 0.25) is 0 Å². The van der Waals surface area contributed by atoms with Crippen molar-refractivity contribution >= 4 is 8.58 Å². The third kappa shape index (κ3) is 9.64. The minimum atomic E-state index is 0.335. The Balaban J connectivity index is 4.54. The van der Waals surface area contributed by atoms with Crippen LogP contribution in [0.1, 0.15) is 52.9 Å². The lowest BCUT2D eigenvalue weighted by Gasteiger charge is -2.23. The number of allylic oxidation sites excluding steroid dienone is 8. The summed E-state index contributed by atoms with van der Waals surface area (Å²) in [6, 6.07) is 0. The van der Waals surface area contributed by atoms with Gasteiger partial charge >= 0.3 is 0 Å². The van der Waals surface area contributed by atoms with Crippen LogP contribution in [-0.2, 0) is 0 Å². The Morgan fingerprint density at radius 3 is 2.24 bits per heavy atom. The Bertz CT molecular complexity index is 392. The highest BCUT2D eigenvalue weighted by Gasteiger charge is 2.16. The van der Waals surface area contributed by atoms with Gasteiger partial charge in [-0.05, 0) is 44.3 Å². The van der Waals surface area contributed by atoms with E-state index >= 15 is 0 Å². The van der Waals surface area contributed by atoms with Crippen LogP contribution in [0.15, 0.2) is 60.8 Å². The van der Waals surface area contributed by atoms with Gasteiger partial charge in [-0.15, -0.1) is 15.2 Å². The SMILES string of the molecule is C=CCC(/C=C\CC/C=C\C(=C)CC)=C\C(C)(CC)PC. The van der Waals surface area contributed by atoms with Crippen molar-refractivity contribution in [3.05, 3.63) is 60.8 Å². The van der Waals surface area contributed by atoms with Crippen LogP contribution in [0.4, 0.5) is 0 Å². The van der Waals surface area contributed by atoms with E-state index in [0.29, 0.717) is 5.16 Å². The molecule has 0 fully saturated rings. The molecule has 0 radical (unpaired) electrons. The zero-order valence-electron chi connectivity index (χ0n) is 14.4. The molecule has 0 saturated heterocycles. The van der Waals surface area contributed by atoms with Gasteiger partial charge in [0.15, 0.2) is 0 Å². The molecule has 0 aliphatic heterocycles. The molecule has 2 atom stereocenters. The lowest BCUT2D eigenvalue weighted by atomic mass is 10.0. The predicted molar refractivity (Wildman–Crippen MR) is 103 cm³/mol. The van der Waals surface area contributed by atoms with E-state index in [2.05, 4.69) is 71.0 Å². The van der Waals surface area contributed by atoms with Gasteiger partial charge in [0.1, 0.15) is 0 Å². The Morgan fingerprint density at radius 1 is 1.14 bits per heavy atom. The molecule has 0 heterocycles. The van der Waals surface area contributed by atoms with Gasteiger partial charge in [-0.3, -0.25) is 0 Å². The van der Waals surface area contributed by atoms with E-state index in [0.717, 1.165) is 34.3 Å². The van der Waals surface area contributed by atoms with Crippen LogP contribution in [0.25, 0.3) is 0 Å². The summed E-state index contributed by atoms with van der Waals surface area (Å²) in [7, 11) is 0.936. The number of unbranched alkanes of at least 4 members (excludes halogenated alkanes) is 1. The maximum absolute atomic E-state index is 3.98. The molecule has 0 rings (SSSR count). The van der Waals surface area contributed by atoms with Crippen LogP contribution in [0.2, 0.25) is 0 Å². The summed E-state index contributed by atoms with van der Waals surface area (Å²) in [5.41, 5.74) is 2.60. The van der Waals surface area contributed by atoms with Gasteiger partial charge in [-0.2, -0.15) is 0 Å². The van der Waals surface area contributed by atoms with Gasteiger partial charge in [-0.1, -0.05) is 69.4 Å². The minimum absolute atomic E-state index is 0.335. The van der Waals surface area contributed by atoms with E-state index in [-0.39, 0.29) is 0 Å². The Hall–Kier alpha value is -0.870. The summed E-state index contributed by atoms with van der Waals surface area (Å²) in [5.74, 6) is 0. The van der Waals surface area contributed by atoms with Crippen molar-refractivity contribution in [1.82, 2.24) is 0 Å². The number of hydrogen-bond acceptors (Lipinski definition) is 0. The van der Waals surface area contributed by atoms with E-state index in [1.807, 2.05) is 6.08 Å². The molecule has 2 unspecified atom stereocenters. The fraction of sp³-hybridized carbons (Fsp3) is 0.500. The van der Waals surface area contributed by atoms with E-state index in [4.69, 9.17) is 0 Å². The molecule has 0 saturated carbocycles. The molecule has 0 aliphatic carbocycles. The first-order valence-corrected chi connectivity index (χ1v) is 9.53.